The van der Waals surface area contributed by atoms with Crippen molar-refractivity contribution in [3.8, 4) is 0 Å². The molecule has 1 aromatic carbocycles. The molecular weight excluding hydrogens is 298 g/mol. The molecule has 1 unspecified atom stereocenters. The molecule has 0 amide bonds. The second-order valence-electron chi connectivity index (χ2n) is 6.94. The van der Waals surface area contributed by atoms with Gasteiger partial charge in [0.15, 0.2) is 0 Å². The predicted molar refractivity (Wildman–Crippen MR) is 102 cm³/mol. The van der Waals surface area contributed by atoms with Gasteiger partial charge in [0.1, 0.15) is 5.82 Å². The van der Waals surface area contributed by atoms with Crippen LogP contribution in [0.2, 0.25) is 0 Å². The second kappa shape index (κ2) is 8.31. The Balaban J connectivity index is 2.10. The van der Waals surface area contributed by atoms with Crippen molar-refractivity contribution in [2.45, 2.75) is 25.9 Å². The predicted octanol–water partition coefficient (Wildman–Crippen LogP) is 2.06. The molecule has 24 heavy (non-hydrogen) atoms. The number of hydrogen-bond donors (Lipinski definition) is 1. The van der Waals surface area contributed by atoms with Gasteiger partial charge in [0.2, 0.25) is 0 Å². The molecule has 0 saturated heterocycles. The molecule has 0 radical (unpaired) electrons. The summed E-state index contributed by atoms with van der Waals surface area (Å²) < 4.78 is 1.96. The van der Waals surface area contributed by atoms with Crippen LogP contribution in [-0.4, -0.2) is 55.5 Å². The van der Waals surface area contributed by atoms with Crippen LogP contribution in [-0.2, 0) is 20.0 Å². The average Bonchev–Trinajstić information content (AvgIpc) is 2.79. The molecule has 0 aliphatic carbocycles. The van der Waals surface area contributed by atoms with Gasteiger partial charge in [0.05, 0.1) is 5.69 Å². The Hall–Kier alpha value is -1.85. The molecule has 0 aliphatic heterocycles. The van der Waals surface area contributed by atoms with Gasteiger partial charge in [-0.3, -0.25) is 4.68 Å². The van der Waals surface area contributed by atoms with Crippen LogP contribution in [0.1, 0.15) is 16.8 Å². The van der Waals surface area contributed by atoms with Gasteiger partial charge >= 0.3 is 0 Å². The van der Waals surface area contributed by atoms with Crippen LogP contribution in [0.3, 0.4) is 0 Å². The Kier molecular flexibility index (Phi) is 6.40. The van der Waals surface area contributed by atoms with E-state index in [1.807, 2.05) is 11.7 Å². The maximum absolute atomic E-state index is 4.58. The van der Waals surface area contributed by atoms with Crippen LogP contribution < -0.4 is 10.2 Å². The van der Waals surface area contributed by atoms with E-state index in [4.69, 9.17) is 0 Å². The van der Waals surface area contributed by atoms with Crippen molar-refractivity contribution < 1.29 is 0 Å². The van der Waals surface area contributed by atoms with Crippen LogP contribution in [0.4, 0.5) is 5.82 Å². The summed E-state index contributed by atoms with van der Waals surface area (Å²) in [5.41, 5.74) is 3.74. The summed E-state index contributed by atoms with van der Waals surface area (Å²) in [4.78, 5) is 4.37. The lowest BCUT2D eigenvalue weighted by Crippen LogP contribution is -2.39. The summed E-state index contributed by atoms with van der Waals surface area (Å²) in [6.07, 6.45) is 1.02. The fourth-order valence-electron chi connectivity index (χ4n) is 3.24. The number of nitrogens with one attached hydrogen (secondary N) is 1. The molecule has 0 saturated carbocycles. The molecule has 5 heteroatoms. The van der Waals surface area contributed by atoms with Crippen molar-refractivity contribution >= 4 is 5.82 Å². The monoisotopic (exact) mass is 329 g/mol. The molecule has 0 bridgehead atoms. The zero-order valence-electron chi connectivity index (χ0n) is 15.9. The third-order valence-corrected chi connectivity index (χ3v) is 4.21. The summed E-state index contributed by atoms with van der Waals surface area (Å²) in [6, 6.07) is 11.1. The topological polar surface area (TPSA) is 36.3 Å². The van der Waals surface area contributed by atoms with Crippen LogP contribution in [0.5, 0.6) is 0 Å². The van der Waals surface area contributed by atoms with Crippen LogP contribution in [0.25, 0.3) is 0 Å². The number of aryl methyl sites for hydroxylation is 2. The van der Waals surface area contributed by atoms with E-state index >= 15 is 0 Å². The Morgan fingerprint density at radius 1 is 1.12 bits per heavy atom. The SMILES string of the molecule is Cc1nn(C)c(N(C)C)c1CNC(Cc1ccccc1)CN(C)C. The molecule has 0 spiro atoms. The van der Waals surface area contributed by atoms with E-state index in [1.54, 1.807) is 0 Å². The van der Waals surface area contributed by atoms with E-state index in [-0.39, 0.29) is 0 Å². The number of anilines is 1. The van der Waals surface area contributed by atoms with Crippen molar-refractivity contribution in [1.82, 2.24) is 20.0 Å². The average molecular weight is 329 g/mol. The smallest absolute Gasteiger partial charge is 0.130 e. The molecule has 0 fully saturated rings. The highest BCUT2D eigenvalue weighted by Gasteiger charge is 2.17. The molecule has 1 atom stereocenters. The number of aromatic nitrogens is 2. The Labute approximate surface area is 146 Å². The molecule has 0 aliphatic rings. The number of benzene rings is 1. The molecular formula is C19H31N5. The van der Waals surface area contributed by atoms with E-state index in [1.165, 1.54) is 16.9 Å². The molecule has 1 aromatic heterocycles. The van der Waals surface area contributed by atoms with Gasteiger partial charge < -0.3 is 15.1 Å². The highest BCUT2D eigenvalue weighted by atomic mass is 15.4. The molecule has 5 nitrogen and oxygen atoms in total. The minimum absolute atomic E-state index is 0.400. The van der Waals surface area contributed by atoms with E-state index in [0.29, 0.717) is 6.04 Å². The lowest BCUT2D eigenvalue weighted by molar-refractivity contribution is 0.334. The van der Waals surface area contributed by atoms with Gasteiger partial charge in [-0.15, -0.1) is 0 Å². The van der Waals surface area contributed by atoms with Gasteiger partial charge in [-0.25, -0.2) is 0 Å². The number of likely N-dealkylation sites (N-methyl/N-ethyl adjacent to an activating group) is 1. The molecule has 1 heterocycles. The standard InChI is InChI=1S/C19H31N5/c1-15-18(19(23(4)5)24(6)21-15)13-20-17(14-22(2)3)12-16-10-8-7-9-11-16/h7-11,17,20H,12-14H2,1-6H3. The summed E-state index contributed by atoms with van der Waals surface area (Å²) in [5.74, 6) is 1.17. The largest absolute Gasteiger partial charge is 0.363 e. The minimum Gasteiger partial charge on any atom is -0.363 e. The van der Waals surface area contributed by atoms with Crippen molar-refractivity contribution in [3.63, 3.8) is 0 Å². The first kappa shape index (κ1) is 18.5. The first-order valence-corrected chi connectivity index (χ1v) is 8.50. The number of hydrogen-bond acceptors (Lipinski definition) is 4. The molecule has 132 valence electrons. The number of nitrogens with zero attached hydrogens (tertiary/aromatic N) is 4. The van der Waals surface area contributed by atoms with Crippen molar-refractivity contribution in [2.75, 3.05) is 39.6 Å². The van der Waals surface area contributed by atoms with E-state index in [0.717, 1.165) is 25.2 Å². The zero-order valence-corrected chi connectivity index (χ0v) is 15.9. The third-order valence-electron chi connectivity index (χ3n) is 4.21. The lowest BCUT2D eigenvalue weighted by atomic mass is 10.1. The highest BCUT2D eigenvalue weighted by molar-refractivity contribution is 5.48. The van der Waals surface area contributed by atoms with Crippen molar-refractivity contribution in [3.05, 3.63) is 47.2 Å². The maximum Gasteiger partial charge on any atom is 0.130 e. The van der Waals surface area contributed by atoms with Crippen LogP contribution in [0.15, 0.2) is 30.3 Å². The van der Waals surface area contributed by atoms with E-state index < -0.39 is 0 Å². The maximum atomic E-state index is 4.58. The van der Waals surface area contributed by atoms with Gasteiger partial charge in [-0.1, -0.05) is 30.3 Å². The Bertz CT molecular complexity index is 631. The second-order valence-corrected chi connectivity index (χ2v) is 6.94. The lowest BCUT2D eigenvalue weighted by Gasteiger charge is -2.23. The quantitative estimate of drug-likeness (QED) is 0.804. The van der Waals surface area contributed by atoms with Gasteiger partial charge in [0.25, 0.3) is 0 Å². The molecule has 2 aromatic rings. The van der Waals surface area contributed by atoms with E-state index in [2.05, 4.69) is 85.7 Å². The first-order valence-electron chi connectivity index (χ1n) is 8.50. The summed E-state index contributed by atoms with van der Waals surface area (Å²) in [7, 11) is 10.4. The Morgan fingerprint density at radius 2 is 1.79 bits per heavy atom. The number of rotatable bonds is 8. The summed E-state index contributed by atoms with van der Waals surface area (Å²) >= 11 is 0. The van der Waals surface area contributed by atoms with Crippen molar-refractivity contribution in [2.24, 2.45) is 7.05 Å². The Morgan fingerprint density at radius 3 is 2.38 bits per heavy atom. The normalized spacial score (nSPS) is 12.6. The molecule has 2 rings (SSSR count). The third kappa shape index (κ3) is 4.82. The minimum atomic E-state index is 0.400. The molecule has 1 N–H and O–H groups in total. The van der Waals surface area contributed by atoms with E-state index in [9.17, 15) is 0 Å². The highest BCUT2D eigenvalue weighted by Crippen LogP contribution is 2.21. The fourth-order valence-corrected chi connectivity index (χ4v) is 3.24. The van der Waals surface area contributed by atoms with Gasteiger partial charge in [-0.05, 0) is 33.0 Å². The summed E-state index contributed by atoms with van der Waals surface area (Å²) in [6.45, 7) is 3.92. The zero-order chi connectivity index (χ0) is 17.7. The van der Waals surface area contributed by atoms with Gasteiger partial charge in [0, 0.05) is 45.8 Å². The summed E-state index contributed by atoms with van der Waals surface area (Å²) in [5, 5.41) is 8.32. The van der Waals surface area contributed by atoms with Gasteiger partial charge in [-0.2, -0.15) is 5.10 Å². The fraction of sp³-hybridized carbons (Fsp3) is 0.526. The van der Waals surface area contributed by atoms with Crippen LogP contribution >= 0.6 is 0 Å². The van der Waals surface area contributed by atoms with Crippen molar-refractivity contribution in [1.29, 1.82) is 0 Å². The first-order chi connectivity index (χ1) is 11.4. The van der Waals surface area contributed by atoms with Crippen LogP contribution in [0, 0.1) is 6.92 Å².